The summed E-state index contributed by atoms with van der Waals surface area (Å²) in [7, 11) is 1.74. The molecule has 0 radical (unpaired) electrons. The standard InChI is InChI=1S/C8H18N4O/c1-13-6-7-2-4-12(5-3-7)8(9)11-10/h7H,2-6,10H2,1H3,(H2,9,11). The van der Waals surface area contributed by atoms with Crippen LogP contribution in [0.4, 0.5) is 0 Å². The van der Waals surface area contributed by atoms with Gasteiger partial charge in [0.05, 0.1) is 0 Å². The van der Waals surface area contributed by atoms with Gasteiger partial charge < -0.3 is 21.2 Å². The summed E-state index contributed by atoms with van der Waals surface area (Å²) in [4.78, 5) is 2.01. The summed E-state index contributed by atoms with van der Waals surface area (Å²) in [5.41, 5.74) is 5.59. The Hall–Kier alpha value is -0.970. The van der Waals surface area contributed by atoms with Crippen LogP contribution in [-0.2, 0) is 4.74 Å². The van der Waals surface area contributed by atoms with Crippen LogP contribution in [0, 0.1) is 5.92 Å². The molecule has 5 nitrogen and oxygen atoms in total. The van der Waals surface area contributed by atoms with Crippen molar-refractivity contribution < 1.29 is 4.74 Å². The molecule has 0 amide bonds. The fourth-order valence-corrected chi connectivity index (χ4v) is 1.65. The van der Waals surface area contributed by atoms with Crippen LogP contribution in [0.5, 0.6) is 0 Å². The van der Waals surface area contributed by atoms with Crippen molar-refractivity contribution in [1.82, 2.24) is 4.90 Å². The van der Waals surface area contributed by atoms with E-state index in [1.54, 1.807) is 7.11 Å². The molecule has 4 N–H and O–H groups in total. The molecule has 1 aliphatic rings. The molecule has 1 saturated heterocycles. The number of hydrogen-bond acceptors (Lipinski definition) is 3. The Balaban J connectivity index is 2.30. The third-order valence-corrected chi connectivity index (χ3v) is 2.47. The molecular weight excluding hydrogens is 168 g/mol. The highest BCUT2D eigenvalue weighted by Gasteiger charge is 2.19. The molecule has 0 aliphatic carbocycles. The second-order valence-corrected chi connectivity index (χ2v) is 3.37. The Morgan fingerprint density at radius 3 is 2.62 bits per heavy atom. The van der Waals surface area contributed by atoms with Crippen LogP contribution in [0.3, 0.4) is 0 Å². The predicted octanol–water partition coefficient (Wildman–Crippen LogP) is -0.467. The maximum atomic E-state index is 5.59. The molecule has 5 heteroatoms. The number of nitrogens with zero attached hydrogens (tertiary/aromatic N) is 2. The van der Waals surface area contributed by atoms with Crippen LogP contribution in [0.1, 0.15) is 12.8 Å². The third kappa shape index (κ3) is 2.77. The number of piperidine rings is 1. The molecular formula is C8H18N4O. The largest absolute Gasteiger partial charge is 0.384 e. The molecule has 1 rings (SSSR count). The van der Waals surface area contributed by atoms with Gasteiger partial charge in [0.25, 0.3) is 0 Å². The van der Waals surface area contributed by atoms with Crippen LogP contribution >= 0.6 is 0 Å². The first-order chi connectivity index (χ1) is 6.27. The maximum Gasteiger partial charge on any atom is 0.213 e. The van der Waals surface area contributed by atoms with Gasteiger partial charge in [0.1, 0.15) is 0 Å². The molecule has 0 unspecified atom stereocenters. The van der Waals surface area contributed by atoms with Crippen LogP contribution in [0.15, 0.2) is 5.10 Å². The van der Waals surface area contributed by atoms with Crippen LogP contribution in [0.2, 0.25) is 0 Å². The number of likely N-dealkylation sites (tertiary alicyclic amines) is 1. The van der Waals surface area contributed by atoms with Crippen molar-refractivity contribution in [3.8, 4) is 0 Å². The Kier molecular flexibility index (Phi) is 3.82. The summed E-state index contributed by atoms with van der Waals surface area (Å²) in [6.07, 6.45) is 2.20. The van der Waals surface area contributed by atoms with Gasteiger partial charge in [-0.3, -0.25) is 0 Å². The minimum atomic E-state index is 0.441. The van der Waals surface area contributed by atoms with Gasteiger partial charge in [-0.1, -0.05) is 0 Å². The molecule has 0 bridgehead atoms. The van der Waals surface area contributed by atoms with Gasteiger partial charge in [-0.2, -0.15) is 0 Å². The van der Waals surface area contributed by atoms with Gasteiger partial charge in [-0.15, -0.1) is 5.10 Å². The monoisotopic (exact) mass is 186 g/mol. The van der Waals surface area contributed by atoms with E-state index in [1.165, 1.54) is 0 Å². The van der Waals surface area contributed by atoms with Crippen molar-refractivity contribution in [3.05, 3.63) is 0 Å². The van der Waals surface area contributed by atoms with E-state index in [0.29, 0.717) is 11.9 Å². The second-order valence-electron chi connectivity index (χ2n) is 3.37. The summed E-state index contributed by atoms with van der Waals surface area (Å²) >= 11 is 0. The highest BCUT2D eigenvalue weighted by molar-refractivity contribution is 5.77. The zero-order chi connectivity index (χ0) is 9.68. The number of nitrogens with two attached hydrogens (primary N) is 2. The molecule has 1 aliphatic heterocycles. The average Bonchev–Trinajstić information content (AvgIpc) is 2.18. The molecule has 0 spiro atoms. The van der Waals surface area contributed by atoms with Crippen molar-refractivity contribution in [2.24, 2.45) is 22.6 Å². The average molecular weight is 186 g/mol. The Morgan fingerprint density at radius 1 is 1.54 bits per heavy atom. The number of hydrazone groups is 1. The molecule has 1 fully saturated rings. The van der Waals surface area contributed by atoms with E-state index in [2.05, 4.69) is 5.10 Å². The summed E-state index contributed by atoms with van der Waals surface area (Å²) < 4.78 is 5.10. The highest BCUT2D eigenvalue weighted by atomic mass is 16.5. The topological polar surface area (TPSA) is 76.9 Å². The van der Waals surface area contributed by atoms with Crippen molar-refractivity contribution in [3.63, 3.8) is 0 Å². The Morgan fingerprint density at radius 2 is 2.15 bits per heavy atom. The fraction of sp³-hybridized carbons (Fsp3) is 0.875. The van der Waals surface area contributed by atoms with Crippen molar-refractivity contribution in [1.29, 1.82) is 0 Å². The van der Waals surface area contributed by atoms with E-state index in [-0.39, 0.29) is 0 Å². The molecule has 1 heterocycles. The summed E-state index contributed by atoms with van der Waals surface area (Å²) in [6, 6.07) is 0. The van der Waals surface area contributed by atoms with E-state index >= 15 is 0 Å². The summed E-state index contributed by atoms with van der Waals surface area (Å²) in [5.74, 6) is 6.19. The van der Waals surface area contributed by atoms with Gasteiger partial charge in [0.15, 0.2) is 0 Å². The highest BCUT2D eigenvalue weighted by Crippen LogP contribution is 2.16. The normalized spacial score (nSPS) is 20.7. The summed E-state index contributed by atoms with van der Waals surface area (Å²) in [5, 5.41) is 3.47. The van der Waals surface area contributed by atoms with Crippen molar-refractivity contribution >= 4 is 5.96 Å². The minimum absolute atomic E-state index is 0.441. The second kappa shape index (κ2) is 4.91. The van der Waals surface area contributed by atoms with E-state index in [9.17, 15) is 0 Å². The molecule has 76 valence electrons. The van der Waals surface area contributed by atoms with Gasteiger partial charge in [-0.05, 0) is 18.8 Å². The number of guanidine groups is 1. The van der Waals surface area contributed by atoms with E-state index in [0.717, 1.165) is 32.5 Å². The van der Waals surface area contributed by atoms with Crippen molar-refractivity contribution in [2.45, 2.75) is 12.8 Å². The van der Waals surface area contributed by atoms with Gasteiger partial charge >= 0.3 is 0 Å². The van der Waals surface area contributed by atoms with Crippen LogP contribution < -0.4 is 11.6 Å². The molecule has 0 aromatic rings. The molecule has 0 saturated carbocycles. The SMILES string of the molecule is COCC1CCN(C(N)=NN)CC1. The quantitative estimate of drug-likeness (QED) is 0.265. The fourth-order valence-electron chi connectivity index (χ4n) is 1.65. The zero-order valence-corrected chi connectivity index (χ0v) is 8.07. The maximum absolute atomic E-state index is 5.59. The molecule has 0 aromatic heterocycles. The van der Waals surface area contributed by atoms with E-state index < -0.39 is 0 Å². The molecule has 0 atom stereocenters. The zero-order valence-electron chi connectivity index (χ0n) is 8.07. The van der Waals surface area contributed by atoms with Crippen LogP contribution in [0.25, 0.3) is 0 Å². The lowest BCUT2D eigenvalue weighted by atomic mass is 9.98. The van der Waals surface area contributed by atoms with E-state index in [1.807, 2.05) is 4.90 Å². The number of rotatable bonds is 2. The summed E-state index contributed by atoms with van der Waals surface area (Å²) in [6.45, 7) is 2.70. The lowest BCUT2D eigenvalue weighted by molar-refractivity contribution is 0.119. The lowest BCUT2D eigenvalue weighted by Gasteiger charge is -2.31. The lowest BCUT2D eigenvalue weighted by Crippen LogP contribution is -2.43. The molecule has 0 aromatic carbocycles. The number of methoxy groups -OCH3 is 1. The van der Waals surface area contributed by atoms with Gasteiger partial charge in [-0.25, -0.2) is 0 Å². The number of ether oxygens (including phenoxy) is 1. The number of hydrogen-bond donors (Lipinski definition) is 2. The van der Waals surface area contributed by atoms with Gasteiger partial charge in [0, 0.05) is 26.8 Å². The smallest absolute Gasteiger partial charge is 0.213 e. The van der Waals surface area contributed by atoms with Crippen LogP contribution in [-0.4, -0.2) is 37.7 Å². The third-order valence-electron chi connectivity index (χ3n) is 2.47. The first-order valence-corrected chi connectivity index (χ1v) is 4.55. The van der Waals surface area contributed by atoms with E-state index in [4.69, 9.17) is 16.3 Å². The Bertz CT molecular complexity index is 175. The predicted molar refractivity (Wildman–Crippen MR) is 52.0 cm³/mol. The first-order valence-electron chi connectivity index (χ1n) is 4.55. The first kappa shape index (κ1) is 10.1. The molecule has 13 heavy (non-hydrogen) atoms. The minimum Gasteiger partial charge on any atom is -0.384 e. The van der Waals surface area contributed by atoms with Crippen molar-refractivity contribution in [2.75, 3.05) is 26.8 Å². The van der Waals surface area contributed by atoms with Gasteiger partial charge in [0.2, 0.25) is 5.96 Å². The Labute approximate surface area is 78.7 Å².